The third-order valence-corrected chi connectivity index (χ3v) is 11.3. The topological polar surface area (TPSA) is 78.9 Å². The van der Waals surface area contributed by atoms with Gasteiger partial charge in [0.2, 0.25) is 0 Å². The Morgan fingerprint density at radius 3 is 1.00 bits per heavy atom. The summed E-state index contributed by atoms with van der Waals surface area (Å²) in [5, 5.41) is 0. The molecular weight excluding hydrogens is 757 g/mol. The Labute approximate surface area is 378 Å². The van der Waals surface area contributed by atoms with Gasteiger partial charge < -0.3 is 14.2 Å². The molecular formula is C55H98O6. The van der Waals surface area contributed by atoms with Gasteiger partial charge in [-0.3, -0.25) is 14.4 Å². The number of unbranched alkanes of at least 4 members (excludes halogenated alkanes) is 28. The van der Waals surface area contributed by atoms with Crippen molar-refractivity contribution in [2.24, 2.45) is 0 Å². The maximum absolute atomic E-state index is 12.7. The quantitative estimate of drug-likeness (QED) is 0.0263. The van der Waals surface area contributed by atoms with Crippen LogP contribution in [0.2, 0.25) is 0 Å². The molecule has 0 fully saturated rings. The first kappa shape index (κ1) is 58.4. The van der Waals surface area contributed by atoms with Crippen molar-refractivity contribution in [1.82, 2.24) is 0 Å². The molecule has 0 aromatic carbocycles. The van der Waals surface area contributed by atoms with Crippen LogP contribution in [0.15, 0.2) is 48.6 Å². The molecule has 0 aliphatic heterocycles. The summed E-state index contributed by atoms with van der Waals surface area (Å²) in [6.45, 7) is 6.47. The fourth-order valence-electron chi connectivity index (χ4n) is 7.43. The minimum absolute atomic E-state index is 0.0804. The van der Waals surface area contributed by atoms with E-state index in [1.807, 2.05) is 0 Å². The summed E-state index contributed by atoms with van der Waals surface area (Å²) >= 11 is 0. The minimum Gasteiger partial charge on any atom is -0.462 e. The molecule has 0 heterocycles. The molecule has 0 aromatic heterocycles. The third kappa shape index (κ3) is 48.3. The van der Waals surface area contributed by atoms with Crippen LogP contribution < -0.4 is 0 Å². The Morgan fingerprint density at radius 1 is 0.344 bits per heavy atom. The zero-order valence-electron chi connectivity index (χ0n) is 40.4. The molecule has 61 heavy (non-hydrogen) atoms. The van der Waals surface area contributed by atoms with Crippen molar-refractivity contribution < 1.29 is 28.6 Å². The summed E-state index contributed by atoms with van der Waals surface area (Å²) < 4.78 is 16.7. The van der Waals surface area contributed by atoms with Crippen LogP contribution in [0.25, 0.3) is 0 Å². The summed E-state index contributed by atoms with van der Waals surface area (Å²) in [7, 11) is 0. The van der Waals surface area contributed by atoms with Crippen molar-refractivity contribution in [2.75, 3.05) is 13.2 Å². The first-order valence-electron chi connectivity index (χ1n) is 26.1. The van der Waals surface area contributed by atoms with Crippen molar-refractivity contribution in [3.63, 3.8) is 0 Å². The summed E-state index contributed by atoms with van der Waals surface area (Å²) in [6, 6.07) is 0. The molecule has 0 saturated carbocycles. The fourth-order valence-corrected chi connectivity index (χ4v) is 7.43. The summed E-state index contributed by atoms with van der Waals surface area (Å²) in [6.07, 6.45) is 59.8. The molecule has 0 N–H and O–H groups in total. The highest BCUT2D eigenvalue weighted by Gasteiger charge is 2.19. The lowest BCUT2D eigenvalue weighted by molar-refractivity contribution is -0.167. The van der Waals surface area contributed by atoms with Crippen molar-refractivity contribution in [3.05, 3.63) is 48.6 Å². The number of hydrogen-bond acceptors (Lipinski definition) is 6. The highest BCUT2D eigenvalue weighted by atomic mass is 16.6. The number of ether oxygens (including phenoxy) is 3. The summed E-state index contributed by atoms with van der Waals surface area (Å²) in [5.41, 5.74) is 0. The maximum Gasteiger partial charge on any atom is 0.306 e. The van der Waals surface area contributed by atoms with E-state index in [0.29, 0.717) is 19.3 Å². The van der Waals surface area contributed by atoms with Gasteiger partial charge in [0, 0.05) is 19.3 Å². The molecule has 1 atom stereocenters. The fraction of sp³-hybridized carbons (Fsp3) is 0.800. The largest absolute Gasteiger partial charge is 0.462 e. The molecule has 0 spiro atoms. The van der Waals surface area contributed by atoms with Crippen LogP contribution in [0, 0.1) is 0 Å². The second kappa shape index (κ2) is 50.0. The highest BCUT2D eigenvalue weighted by Crippen LogP contribution is 2.16. The van der Waals surface area contributed by atoms with Gasteiger partial charge in [0.05, 0.1) is 0 Å². The standard InChI is InChI=1S/C55H98O6/c1-4-7-10-13-16-18-20-22-24-26-27-28-30-31-33-35-37-39-42-45-48-54(57)60-51-52(50-59-53(56)47-44-41-15-12-9-6-3)61-55(58)49-46-43-40-38-36-34-32-29-25-23-21-19-17-14-11-8-5-2/h8,11,17,19,23,25,32,34,52H,4-7,9-10,12-16,18,20-22,24,26-31,33,35-51H2,1-3H3/b11-8-,19-17-,25-23-,34-32-. The van der Waals surface area contributed by atoms with Crippen LogP contribution in [-0.2, 0) is 28.6 Å². The van der Waals surface area contributed by atoms with Gasteiger partial charge in [0.15, 0.2) is 6.10 Å². The lowest BCUT2D eigenvalue weighted by atomic mass is 10.0. The van der Waals surface area contributed by atoms with Crippen LogP contribution in [0.3, 0.4) is 0 Å². The van der Waals surface area contributed by atoms with Crippen LogP contribution in [0.4, 0.5) is 0 Å². The second-order valence-corrected chi connectivity index (χ2v) is 17.4. The number of carbonyl (C=O) groups excluding carboxylic acids is 3. The molecule has 0 aromatic rings. The van der Waals surface area contributed by atoms with Crippen LogP contribution in [0.1, 0.15) is 265 Å². The van der Waals surface area contributed by atoms with Gasteiger partial charge in [-0.15, -0.1) is 0 Å². The second-order valence-electron chi connectivity index (χ2n) is 17.4. The van der Waals surface area contributed by atoms with Gasteiger partial charge in [0.25, 0.3) is 0 Å². The lowest BCUT2D eigenvalue weighted by Crippen LogP contribution is -2.30. The van der Waals surface area contributed by atoms with E-state index in [4.69, 9.17) is 14.2 Å². The average molecular weight is 855 g/mol. The van der Waals surface area contributed by atoms with Gasteiger partial charge in [0.1, 0.15) is 13.2 Å². The molecule has 0 aliphatic carbocycles. The molecule has 6 heteroatoms. The summed E-state index contributed by atoms with van der Waals surface area (Å²) in [5.74, 6) is -0.906. The first-order valence-corrected chi connectivity index (χ1v) is 26.1. The van der Waals surface area contributed by atoms with E-state index >= 15 is 0 Å². The molecule has 354 valence electrons. The molecule has 6 nitrogen and oxygen atoms in total. The molecule has 1 unspecified atom stereocenters. The Morgan fingerprint density at radius 2 is 0.639 bits per heavy atom. The first-order chi connectivity index (χ1) is 30.0. The predicted octanol–water partition coefficient (Wildman–Crippen LogP) is 17.1. The summed E-state index contributed by atoms with van der Waals surface area (Å²) in [4.78, 5) is 37.7. The van der Waals surface area contributed by atoms with Gasteiger partial charge in [-0.25, -0.2) is 0 Å². The lowest BCUT2D eigenvalue weighted by Gasteiger charge is -2.18. The Bertz CT molecular complexity index is 1070. The molecule has 0 radical (unpaired) electrons. The van der Waals surface area contributed by atoms with Crippen molar-refractivity contribution in [1.29, 1.82) is 0 Å². The number of esters is 3. The number of hydrogen-bond donors (Lipinski definition) is 0. The number of carbonyl (C=O) groups is 3. The molecule has 0 aliphatic rings. The Kier molecular flexibility index (Phi) is 47.9. The van der Waals surface area contributed by atoms with E-state index in [2.05, 4.69) is 69.4 Å². The van der Waals surface area contributed by atoms with Gasteiger partial charge >= 0.3 is 17.9 Å². The zero-order valence-corrected chi connectivity index (χ0v) is 40.4. The van der Waals surface area contributed by atoms with E-state index in [0.717, 1.165) is 96.3 Å². The molecule has 0 bridgehead atoms. The van der Waals surface area contributed by atoms with E-state index in [-0.39, 0.29) is 31.1 Å². The maximum atomic E-state index is 12.7. The van der Waals surface area contributed by atoms with Crippen LogP contribution in [0.5, 0.6) is 0 Å². The smallest absolute Gasteiger partial charge is 0.306 e. The minimum atomic E-state index is -0.780. The van der Waals surface area contributed by atoms with Crippen LogP contribution >= 0.6 is 0 Å². The Balaban J connectivity index is 4.20. The molecule has 0 saturated heterocycles. The SMILES string of the molecule is CC/C=C\C/C=C\C/C=C\C/C=C\CCCCCCC(=O)OC(COC(=O)CCCCCCCC)COC(=O)CCCCCCCCCCCCCCCCCCCCCC. The number of rotatable bonds is 47. The third-order valence-electron chi connectivity index (χ3n) is 11.3. The van der Waals surface area contributed by atoms with E-state index < -0.39 is 6.10 Å². The molecule has 0 amide bonds. The van der Waals surface area contributed by atoms with Crippen molar-refractivity contribution >= 4 is 17.9 Å². The molecule has 0 rings (SSSR count). The van der Waals surface area contributed by atoms with Crippen molar-refractivity contribution in [3.8, 4) is 0 Å². The van der Waals surface area contributed by atoms with E-state index in [9.17, 15) is 14.4 Å². The van der Waals surface area contributed by atoms with Gasteiger partial charge in [-0.1, -0.05) is 236 Å². The highest BCUT2D eigenvalue weighted by molar-refractivity contribution is 5.71. The van der Waals surface area contributed by atoms with E-state index in [1.165, 1.54) is 128 Å². The number of allylic oxidation sites excluding steroid dienone is 8. The normalized spacial score (nSPS) is 12.4. The predicted molar refractivity (Wildman–Crippen MR) is 261 cm³/mol. The zero-order chi connectivity index (χ0) is 44.4. The van der Waals surface area contributed by atoms with Gasteiger partial charge in [-0.05, 0) is 57.8 Å². The van der Waals surface area contributed by atoms with Crippen molar-refractivity contribution in [2.45, 2.75) is 271 Å². The van der Waals surface area contributed by atoms with Gasteiger partial charge in [-0.2, -0.15) is 0 Å². The average Bonchev–Trinajstić information content (AvgIpc) is 3.26. The van der Waals surface area contributed by atoms with Crippen LogP contribution in [-0.4, -0.2) is 37.2 Å². The monoisotopic (exact) mass is 855 g/mol. The Hall–Kier alpha value is -2.63. The van der Waals surface area contributed by atoms with E-state index in [1.54, 1.807) is 0 Å².